The number of aliphatic imine (C=N–C) groups is 1. The summed E-state index contributed by atoms with van der Waals surface area (Å²) in [7, 11) is 0. The zero-order valence-corrected chi connectivity index (χ0v) is 15.3. The summed E-state index contributed by atoms with van der Waals surface area (Å²) in [5, 5.41) is 10.9. The number of aromatic nitrogens is 4. The van der Waals surface area contributed by atoms with Gasteiger partial charge < -0.3 is 15.2 Å². The summed E-state index contributed by atoms with van der Waals surface area (Å²) in [5.41, 5.74) is 2.23. The zero-order valence-electron chi connectivity index (χ0n) is 15.3. The maximum absolute atomic E-state index is 4.67. The van der Waals surface area contributed by atoms with Crippen LogP contribution in [0.5, 0.6) is 0 Å². The molecule has 2 heterocycles. The van der Waals surface area contributed by atoms with Crippen LogP contribution in [0.4, 0.5) is 0 Å². The molecule has 0 bridgehead atoms. The standard InChI is InChI=1S/C19H27N7/c1-2-20-19(22-11-6-14-26-15-7-12-24-26)21-10-5-13-25-16-23-17-8-3-4-9-18(17)25/h3-4,7-9,12,15-16H,2,5-6,10-11,13-14H2,1H3,(H2,20,21,22). The minimum absolute atomic E-state index is 0.779. The summed E-state index contributed by atoms with van der Waals surface area (Å²) in [6, 6.07) is 10.2. The number of guanidine groups is 1. The minimum Gasteiger partial charge on any atom is -0.357 e. The van der Waals surface area contributed by atoms with Crippen LogP contribution in [0.1, 0.15) is 19.8 Å². The highest BCUT2D eigenvalue weighted by Gasteiger charge is 2.01. The summed E-state index contributed by atoms with van der Waals surface area (Å²) < 4.78 is 4.14. The van der Waals surface area contributed by atoms with Gasteiger partial charge in [-0.1, -0.05) is 12.1 Å². The van der Waals surface area contributed by atoms with E-state index in [0.717, 1.165) is 57.0 Å². The van der Waals surface area contributed by atoms with E-state index >= 15 is 0 Å². The van der Waals surface area contributed by atoms with Gasteiger partial charge in [0.2, 0.25) is 0 Å². The fourth-order valence-corrected chi connectivity index (χ4v) is 2.84. The highest BCUT2D eigenvalue weighted by atomic mass is 15.3. The van der Waals surface area contributed by atoms with E-state index in [1.54, 1.807) is 0 Å². The Hall–Kier alpha value is -2.83. The molecule has 7 heteroatoms. The predicted octanol–water partition coefficient (Wildman–Crippen LogP) is 2.27. The molecule has 2 aromatic heterocycles. The van der Waals surface area contributed by atoms with Crippen molar-refractivity contribution in [1.29, 1.82) is 0 Å². The van der Waals surface area contributed by atoms with E-state index in [-0.39, 0.29) is 0 Å². The highest BCUT2D eigenvalue weighted by Crippen LogP contribution is 2.11. The number of benzene rings is 1. The molecule has 2 N–H and O–H groups in total. The first-order chi connectivity index (χ1) is 12.9. The van der Waals surface area contributed by atoms with Crippen molar-refractivity contribution in [2.24, 2.45) is 4.99 Å². The summed E-state index contributed by atoms with van der Waals surface area (Å²) in [6.07, 6.45) is 7.69. The first-order valence-corrected chi connectivity index (χ1v) is 9.26. The Balaban J connectivity index is 1.41. The Morgan fingerprint density at radius 2 is 2.04 bits per heavy atom. The van der Waals surface area contributed by atoms with E-state index in [1.807, 2.05) is 41.6 Å². The van der Waals surface area contributed by atoms with Crippen LogP contribution in [0.15, 0.2) is 54.0 Å². The van der Waals surface area contributed by atoms with Gasteiger partial charge >= 0.3 is 0 Å². The predicted molar refractivity (Wildman–Crippen MR) is 105 cm³/mol. The molecule has 0 unspecified atom stereocenters. The van der Waals surface area contributed by atoms with Crippen molar-refractivity contribution in [3.63, 3.8) is 0 Å². The Bertz CT molecular complexity index is 804. The Morgan fingerprint density at radius 1 is 1.12 bits per heavy atom. The lowest BCUT2D eigenvalue weighted by atomic mass is 10.3. The maximum Gasteiger partial charge on any atom is 0.191 e. The molecule has 0 spiro atoms. The molecule has 0 aliphatic carbocycles. The van der Waals surface area contributed by atoms with Gasteiger partial charge in [0.25, 0.3) is 0 Å². The Labute approximate surface area is 154 Å². The third-order valence-corrected chi connectivity index (χ3v) is 4.11. The van der Waals surface area contributed by atoms with Crippen LogP contribution in [0.25, 0.3) is 11.0 Å². The van der Waals surface area contributed by atoms with Crippen LogP contribution in [-0.2, 0) is 13.1 Å². The van der Waals surface area contributed by atoms with E-state index in [2.05, 4.69) is 49.3 Å². The molecule has 0 saturated heterocycles. The average molecular weight is 353 g/mol. The quantitative estimate of drug-likeness (QED) is 0.352. The summed E-state index contributed by atoms with van der Waals surface area (Å²) >= 11 is 0. The third-order valence-electron chi connectivity index (χ3n) is 4.11. The molecular weight excluding hydrogens is 326 g/mol. The smallest absolute Gasteiger partial charge is 0.191 e. The second-order valence-corrected chi connectivity index (χ2v) is 6.09. The van der Waals surface area contributed by atoms with Crippen LogP contribution in [-0.4, -0.2) is 44.9 Å². The highest BCUT2D eigenvalue weighted by molar-refractivity contribution is 5.79. The zero-order chi connectivity index (χ0) is 18.0. The summed E-state index contributed by atoms with van der Waals surface area (Å²) in [4.78, 5) is 9.09. The van der Waals surface area contributed by atoms with E-state index in [9.17, 15) is 0 Å². The van der Waals surface area contributed by atoms with Gasteiger partial charge in [0.15, 0.2) is 5.96 Å². The van der Waals surface area contributed by atoms with Crippen molar-refractivity contribution in [1.82, 2.24) is 30.0 Å². The van der Waals surface area contributed by atoms with Crippen molar-refractivity contribution in [2.75, 3.05) is 19.6 Å². The van der Waals surface area contributed by atoms with Crippen LogP contribution in [0.3, 0.4) is 0 Å². The second kappa shape index (κ2) is 9.60. The molecule has 0 amide bonds. The molecular formula is C19H27N7. The van der Waals surface area contributed by atoms with Crippen molar-refractivity contribution < 1.29 is 0 Å². The van der Waals surface area contributed by atoms with Gasteiger partial charge in [-0.3, -0.25) is 9.67 Å². The monoisotopic (exact) mass is 353 g/mol. The molecule has 7 nitrogen and oxygen atoms in total. The lowest BCUT2D eigenvalue weighted by Crippen LogP contribution is -2.38. The first kappa shape index (κ1) is 18.0. The van der Waals surface area contributed by atoms with E-state index in [0.29, 0.717) is 0 Å². The fraction of sp³-hybridized carbons (Fsp3) is 0.421. The molecule has 3 rings (SSSR count). The van der Waals surface area contributed by atoms with Crippen molar-refractivity contribution in [3.8, 4) is 0 Å². The summed E-state index contributed by atoms with van der Waals surface area (Å²) in [6.45, 7) is 6.42. The summed E-state index contributed by atoms with van der Waals surface area (Å²) in [5.74, 6) is 0.878. The number of para-hydroxylation sites is 2. The van der Waals surface area contributed by atoms with Gasteiger partial charge in [-0.15, -0.1) is 0 Å². The first-order valence-electron chi connectivity index (χ1n) is 9.26. The maximum atomic E-state index is 4.67. The lowest BCUT2D eigenvalue weighted by Gasteiger charge is -2.11. The third kappa shape index (κ3) is 5.08. The van der Waals surface area contributed by atoms with Crippen molar-refractivity contribution >= 4 is 17.0 Å². The Morgan fingerprint density at radius 3 is 2.88 bits per heavy atom. The van der Waals surface area contributed by atoms with E-state index in [1.165, 1.54) is 5.52 Å². The van der Waals surface area contributed by atoms with Gasteiger partial charge in [-0.2, -0.15) is 5.10 Å². The van der Waals surface area contributed by atoms with Gasteiger partial charge in [0, 0.05) is 45.1 Å². The molecule has 0 fully saturated rings. The van der Waals surface area contributed by atoms with Gasteiger partial charge in [0.05, 0.1) is 17.4 Å². The van der Waals surface area contributed by atoms with Crippen LogP contribution < -0.4 is 10.6 Å². The molecule has 0 atom stereocenters. The SMILES string of the molecule is CCNC(=NCCCn1cnc2ccccc21)NCCCn1cccn1. The topological polar surface area (TPSA) is 72.1 Å². The molecule has 26 heavy (non-hydrogen) atoms. The van der Waals surface area contributed by atoms with Crippen molar-refractivity contribution in [2.45, 2.75) is 32.9 Å². The molecule has 1 aromatic carbocycles. The number of fused-ring (bicyclic) bond motifs is 1. The van der Waals surface area contributed by atoms with E-state index < -0.39 is 0 Å². The fourth-order valence-electron chi connectivity index (χ4n) is 2.84. The Kier molecular flexibility index (Phi) is 6.64. The molecule has 138 valence electrons. The molecule has 0 saturated carbocycles. The number of aryl methyl sites for hydroxylation is 2. The number of nitrogens with zero attached hydrogens (tertiary/aromatic N) is 5. The normalized spacial score (nSPS) is 11.8. The largest absolute Gasteiger partial charge is 0.357 e. The average Bonchev–Trinajstić information content (AvgIpc) is 3.32. The van der Waals surface area contributed by atoms with E-state index in [4.69, 9.17) is 0 Å². The number of imidazole rings is 1. The van der Waals surface area contributed by atoms with Gasteiger partial charge in [0.1, 0.15) is 0 Å². The van der Waals surface area contributed by atoms with Gasteiger partial charge in [-0.05, 0) is 38.0 Å². The number of rotatable bonds is 9. The molecule has 0 aliphatic heterocycles. The number of nitrogens with one attached hydrogen (secondary N) is 2. The van der Waals surface area contributed by atoms with Crippen LogP contribution >= 0.6 is 0 Å². The minimum atomic E-state index is 0.779. The van der Waals surface area contributed by atoms with Crippen LogP contribution in [0, 0.1) is 0 Å². The molecule has 0 aliphatic rings. The number of hydrogen-bond donors (Lipinski definition) is 2. The molecule has 0 radical (unpaired) electrons. The van der Waals surface area contributed by atoms with Gasteiger partial charge in [-0.25, -0.2) is 4.98 Å². The van der Waals surface area contributed by atoms with Crippen molar-refractivity contribution in [3.05, 3.63) is 49.1 Å². The molecule has 3 aromatic rings. The number of hydrogen-bond acceptors (Lipinski definition) is 3. The lowest BCUT2D eigenvalue weighted by molar-refractivity contribution is 0.570. The second-order valence-electron chi connectivity index (χ2n) is 6.09. The van der Waals surface area contributed by atoms with Crippen LogP contribution in [0.2, 0.25) is 0 Å².